The predicted molar refractivity (Wildman–Crippen MR) is 50.3 cm³/mol. The number of hydrogen-bond donors (Lipinski definition) is 1. The van der Waals surface area contributed by atoms with Gasteiger partial charge in [0.05, 0.1) is 0 Å². The van der Waals surface area contributed by atoms with E-state index in [-0.39, 0.29) is 51.4 Å². The molecule has 1 aliphatic rings. The van der Waals surface area contributed by atoms with Crippen molar-refractivity contribution in [3.05, 3.63) is 29.2 Å². The molecule has 1 saturated heterocycles. The molecule has 4 nitrogen and oxygen atoms in total. The van der Waals surface area contributed by atoms with Gasteiger partial charge in [-0.3, -0.25) is 0 Å². The molecule has 2 N–H and O–H groups in total. The molecule has 2 heterocycles. The minimum absolute atomic E-state index is 0. The first-order chi connectivity index (χ1) is 6.36. The van der Waals surface area contributed by atoms with Crippen molar-refractivity contribution in [2.75, 3.05) is 18.9 Å². The maximum Gasteiger partial charge on any atom is 1.00 e. The Labute approximate surface area is 126 Å². The topological polar surface area (TPSA) is 62.2 Å². The molecule has 1 fully saturated rings. The van der Waals surface area contributed by atoms with Crippen molar-refractivity contribution in [3.8, 4) is 0 Å². The first-order valence-corrected chi connectivity index (χ1v) is 4.30. The summed E-state index contributed by atoms with van der Waals surface area (Å²) in [5, 5.41) is 4.42. The van der Waals surface area contributed by atoms with Gasteiger partial charge in [-0.2, -0.15) is 0 Å². The van der Waals surface area contributed by atoms with Crippen molar-refractivity contribution in [2.24, 2.45) is 0 Å². The van der Waals surface area contributed by atoms with Crippen LogP contribution < -0.4 is 57.1 Å². The van der Waals surface area contributed by atoms with Crippen molar-refractivity contribution in [3.63, 3.8) is 0 Å². The van der Waals surface area contributed by atoms with Gasteiger partial charge in [0, 0.05) is 19.4 Å². The van der Waals surface area contributed by atoms with Crippen LogP contribution in [0.25, 0.3) is 5.32 Å². The number of pyridine rings is 1. The average molecular weight is 217 g/mol. The van der Waals surface area contributed by atoms with E-state index >= 15 is 0 Å². The molecular weight excluding hydrogens is 205 g/mol. The third kappa shape index (κ3) is 3.27. The Hall–Kier alpha value is 0.506. The fraction of sp³-hybridized carbons (Fsp3) is 0.444. The molecule has 0 atom stereocenters. The molecule has 1 aliphatic heterocycles. The van der Waals surface area contributed by atoms with Crippen LogP contribution in [0.1, 0.15) is 5.56 Å². The number of hydrogen-bond acceptors (Lipinski definition) is 3. The predicted octanol–water partition coefficient (Wildman–Crippen LogP) is -2.06. The molecule has 70 valence electrons. The Morgan fingerprint density at radius 3 is 2.93 bits per heavy atom. The van der Waals surface area contributed by atoms with E-state index in [1.54, 1.807) is 6.20 Å². The minimum Gasteiger partial charge on any atom is -0.652 e. The maximum atomic E-state index is 5.66. The van der Waals surface area contributed by atoms with Gasteiger partial charge in [-0.1, -0.05) is 12.1 Å². The van der Waals surface area contributed by atoms with Crippen LogP contribution >= 0.6 is 0 Å². The molecule has 0 unspecified atom stereocenters. The number of aromatic nitrogens is 1. The van der Waals surface area contributed by atoms with Crippen LogP contribution in [0.3, 0.4) is 0 Å². The first kappa shape index (κ1) is 12.6. The fourth-order valence-corrected chi connectivity index (χ4v) is 1.14. The number of anilines is 1. The second-order valence-corrected chi connectivity index (χ2v) is 3.08. The number of nitrogens with two attached hydrogens (primary N) is 1. The zero-order chi connectivity index (χ0) is 9.10. The smallest absolute Gasteiger partial charge is 0.652 e. The van der Waals surface area contributed by atoms with Crippen molar-refractivity contribution in [2.45, 2.75) is 12.6 Å². The molecule has 1 aromatic heterocycles. The molecule has 2 rings (SSSR count). The summed E-state index contributed by atoms with van der Waals surface area (Å²) in [6, 6.07) is 4.18. The van der Waals surface area contributed by atoms with Crippen molar-refractivity contribution in [1.29, 1.82) is 0 Å². The number of nitrogen functional groups attached to an aromatic ring is 1. The summed E-state index contributed by atoms with van der Waals surface area (Å²) in [6.07, 6.45) is 1.69. The quantitative estimate of drug-likeness (QED) is 0.592. The van der Waals surface area contributed by atoms with E-state index < -0.39 is 0 Å². The van der Waals surface area contributed by atoms with E-state index in [4.69, 9.17) is 10.5 Å². The average Bonchev–Trinajstić information content (AvgIpc) is 2.05. The van der Waals surface area contributed by atoms with Crippen LogP contribution in [-0.2, 0) is 11.3 Å². The molecule has 5 heteroatoms. The summed E-state index contributed by atoms with van der Waals surface area (Å²) >= 11 is 0. The summed E-state index contributed by atoms with van der Waals surface area (Å²) in [4.78, 5) is 3.99. The molecule has 14 heavy (non-hydrogen) atoms. The molecule has 0 radical (unpaired) electrons. The van der Waals surface area contributed by atoms with Gasteiger partial charge in [0.15, 0.2) is 0 Å². The van der Waals surface area contributed by atoms with E-state index in [0.717, 1.165) is 18.8 Å². The van der Waals surface area contributed by atoms with Crippen molar-refractivity contribution in [1.82, 2.24) is 4.98 Å². The molecule has 0 saturated carbocycles. The van der Waals surface area contributed by atoms with Crippen LogP contribution in [0.5, 0.6) is 0 Å². The van der Waals surface area contributed by atoms with E-state index in [1.165, 1.54) is 0 Å². The molecule has 0 spiro atoms. The van der Waals surface area contributed by atoms with E-state index in [1.807, 2.05) is 12.1 Å². The SMILES string of the molecule is Nc1ncccc1C[N-]C1COC1.[K+]. The maximum absolute atomic E-state index is 5.66. The Balaban J connectivity index is 0.000000980. The second kappa shape index (κ2) is 6.17. The third-order valence-corrected chi connectivity index (χ3v) is 2.07. The zero-order valence-electron chi connectivity index (χ0n) is 8.31. The van der Waals surface area contributed by atoms with Gasteiger partial charge in [0.1, 0.15) is 5.82 Å². The number of rotatable bonds is 3. The third-order valence-electron chi connectivity index (χ3n) is 2.07. The fourth-order valence-electron chi connectivity index (χ4n) is 1.14. The molecule has 1 aromatic rings. The van der Waals surface area contributed by atoms with Gasteiger partial charge >= 0.3 is 51.4 Å². The van der Waals surface area contributed by atoms with Gasteiger partial charge in [0.25, 0.3) is 0 Å². The number of nitrogens with zero attached hydrogens (tertiary/aromatic N) is 2. The van der Waals surface area contributed by atoms with Gasteiger partial charge in [-0.05, 0) is 11.6 Å². The molecule has 0 aliphatic carbocycles. The van der Waals surface area contributed by atoms with Gasteiger partial charge in [-0.15, -0.1) is 6.54 Å². The Morgan fingerprint density at radius 1 is 1.57 bits per heavy atom. The van der Waals surface area contributed by atoms with Crippen LogP contribution in [0.4, 0.5) is 5.82 Å². The van der Waals surface area contributed by atoms with Gasteiger partial charge in [-0.25, -0.2) is 4.98 Å². The number of ether oxygens (including phenoxy) is 1. The van der Waals surface area contributed by atoms with Crippen LogP contribution in [0.2, 0.25) is 0 Å². The summed E-state index contributed by atoms with van der Waals surface area (Å²) in [6.45, 7) is 2.15. The summed E-state index contributed by atoms with van der Waals surface area (Å²) < 4.78 is 5.01. The summed E-state index contributed by atoms with van der Waals surface area (Å²) in [5.41, 5.74) is 6.66. The minimum atomic E-state index is 0. The monoisotopic (exact) mass is 217 g/mol. The van der Waals surface area contributed by atoms with Crippen molar-refractivity contribution < 1.29 is 56.1 Å². The van der Waals surface area contributed by atoms with Crippen molar-refractivity contribution >= 4 is 5.82 Å². The van der Waals surface area contributed by atoms with E-state index in [2.05, 4.69) is 10.3 Å². The zero-order valence-corrected chi connectivity index (χ0v) is 11.4. The molecule has 0 aromatic carbocycles. The Bertz CT molecular complexity index is 291. The van der Waals surface area contributed by atoms with Gasteiger partial charge in [0.2, 0.25) is 0 Å². The molecule has 0 bridgehead atoms. The van der Waals surface area contributed by atoms with Gasteiger partial charge < -0.3 is 15.8 Å². The normalized spacial score (nSPS) is 15.7. The Kier molecular flexibility index (Phi) is 5.54. The standard InChI is InChI=1S/C9H12N3O.K/c10-9-7(2-1-3-11-9)4-12-8-5-13-6-8;/h1-3,8H,4-6H2,(H2,10,11);/q-1;+1. The van der Waals surface area contributed by atoms with Crippen LogP contribution in [0, 0.1) is 0 Å². The molecular formula is C9H12KN3O. The first-order valence-electron chi connectivity index (χ1n) is 4.30. The summed E-state index contributed by atoms with van der Waals surface area (Å²) in [7, 11) is 0. The molecule has 0 amide bonds. The largest absolute Gasteiger partial charge is 1.00 e. The Morgan fingerprint density at radius 2 is 2.36 bits per heavy atom. The van der Waals surface area contributed by atoms with E-state index in [9.17, 15) is 0 Å². The summed E-state index contributed by atoms with van der Waals surface area (Å²) in [5.74, 6) is 0.575. The second-order valence-electron chi connectivity index (χ2n) is 3.08. The van der Waals surface area contributed by atoms with Crippen LogP contribution in [-0.4, -0.2) is 24.2 Å². The van der Waals surface area contributed by atoms with Crippen LogP contribution in [0.15, 0.2) is 18.3 Å². The van der Waals surface area contributed by atoms with E-state index in [0.29, 0.717) is 18.4 Å².